The van der Waals surface area contributed by atoms with Crippen LogP contribution in [0.3, 0.4) is 0 Å². The molecule has 2 fully saturated rings. The van der Waals surface area contributed by atoms with Crippen LogP contribution in [0.5, 0.6) is 0 Å². The van der Waals surface area contributed by atoms with Crippen molar-refractivity contribution in [1.82, 2.24) is 20.1 Å². The van der Waals surface area contributed by atoms with Gasteiger partial charge >= 0.3 is 0 Å². The molecule has 2 aliphatic rings. The van der Waals surface area contributed by atoms with Gasteiger partial charge in [-0.15, -0.1) is 0 Å². The Bertz CT molecular complexity index is 862. The number of carbonyl (C=O) groups is 2. The molecule has 0 atom stereocenters. The number of pyridine rings is 1. The first-order chi connectivity index (χ1) is 13.2. The summed E-state index contributed by atoms with van der Waals surface area (Å²) in [6, 6.07) is 10.3. The van der Waals surface area contributed by atoms with Crippen LogP contribution in [-0.2, 0) is 9.59 Å². The summed E-state index contributed by atoms with van der Waals surface area (Å²) in [4.78, 5) is 32.8. The summed E-state index contributed by atoms with van der Waals surface area (Å²) < 4.78 is 0. The first-order valence-corrected chi connectivity index (χ1v) is 9.51. The van der Waals surface area contributed by atoms with Crippen molar-refractivity contribution in [3.8, 4) is 0 Å². The summed E-state index contributed by atoms with van der Waals surface area (Å²) >= 11 is 0. The number of piperazine rings is 1. The van der Waals surface area contributed by atoms with Gasteiger partial charge in [-0.1, -0.05) is 24.3 Å². The number of para-hydroxylation sites is 1. The van der Waals surface area contributed by atoms with E-state index in [0.29, 0.717) is 25.7 Å². The van der Waals surface area contributed by atoms with Crippen LogP contribution < -0.4 is 5.32 Å². The normalized spacial score (nSPS) is 18.1. The number of aromatic nitrogens is 1. The summed E-state index contributed by atoms with van der Waals surface area (Å²) in [6.45, 7) is 3.18. The number of carbonyl (C=O) groups excluding carboxylic acids is 2. The quantitative estimate of drug-likeness (QED) is 0.820. The van der Waals surface area contributed by atoms with E-state index >= 15 is 0 Å². The van der Waals surface area contributed by atoms with Crippen molar-refractivity contribution < 1.29 is 9.59 Å². The average Bonchev–Trinajstić information content (AvgIpc) is 3.50. The molecule has 1 aliphatic heterocycles. The van der Waals surface area contributed by atoms with Crippen molar-refractivity contribution in [2.75, 3.05) is 32.7 Å². The van der Waals surface area contributed by atoms with E-state index in [1.807, 2.05) is 41.3 Å². The maximum Gasteiger partial charge on any atom is 0.246 e. The standard InChI is InChI=1S/C21H24N4O2/c26-19(23-18-7-8-18)15-24-11-13-25(14-12-24)20(27)9-6-17-4-1-3-16-5-2-10-22-21(16)17/h1-6,9-10,18H,7-8,11-15H2,(H,23,26)/b9-6+. The van der Waals surface area contributed by atoms with Crippen LogP contribution in [0.15, 0.2) is 42.6 Å². The molecule has 0 radical (unpaired) electrons. The molecule has 2 amide bonds. The minimum Gasteiger partial charge on any atom is -0.352 e. The van der Waals surface area contributed by atoms with Gasteiger partial charge in [0.15, 0.2) is 0 Å². The van der Waals surface area contributed by atoms with Crippen LogP contribution in [-0.4, -0.2) is 65.4 Å². The molecule has 0 unspecified atom stereocenters. The molecular weight excluding hydrogens is 340 g/mol. The second kappa shape index (κ2) is 7.88. The second-order valence-corrected chi connectivity index (χ2v) is 7.20. The molecule has 1 N–H and O–H groups in total. The molecule has 2 aromatic rings. The monoisotopic (exact) mass is 364 g/mol. The summed E-state index contributed by atoms with van der Waals surface area (Å²) in [7, 11) is 0. The zero-order chi connectivity index (χ0) is 18.6. The molecule has 27 heavy (non-hydrogen) atoms. The Kier molecular flexibility index (Phi) is 5.16. The first kappa shape index (κ1) is 17.7. The molecule has 140 valence electrons. The van der Waals surface area contributed by atoms with Crippen LogP contribution in [0.1, 0.15) is 18.4 Å². The SMILES string of the molecule is O=C(CN1CCN(C(=O)/C=C/c2cccc3cccnc23)CC1)NC1CC1. The molecule has 1 saturated heterocycles. The van der Waals surface area contributed by atoms with Gasteiger partial charge in [0.1, 0.15) is 0 Å². The van der Waals surface area contributed by atoms with Gasteiger partial charge in [-0.2, -0.15) is 0 Å². The van der Waals surface area contributed by atoms with Gasteiger partial charge in [-0.3, -0.25) is 19.5 Å². The Morgan fingerprint density at radius 3 is 2.67 bits per heavy atom. The molecule has 6 nitrogen and oxygen atoms in total. The zero-order valence-electron chi connectivity index (χ0n) is 15.3. The number of nitrogens with zero attached hydrogens (tertiary/aromatic N) is 3. The first-order valence-electron chi connectivity index (χ1n) is 9.51. The molecule has 6 heteroatoms. The van der Waals surface area contributed by atoms with Gasteiger partial charge in [-0.25, -0.2) is 0 Å². The lowest BCUT2D eigenvalue weighted by atomic mass is 10.1. The van der Waals surface area contributed by atoms with E-state index < -0.39 is 0 Å². The second-order valence-electron chi connectivity index (χ2n) is 7.20. The predicted octanol–water partition coefficient (Wildman–Crippen LogP) is 1.67. The summed E-state index contributed by atoms with van der Waals surface area (Å²) in [5, 5.41) is 4.07. The van der Waals surface area contributed by atoms with Gasteiger partial charge < -0.3 is 10.2 Å². The van der Waals surface area contributed by atoms with E-state index in [4.69, 9.17) is 0 Å². The highest BCUT2D eigenvalue weighted by Crippen LogP contribution is 2.19. The van der Waals surface area contributed by atoms with E-state index in [0.717, 1.165) is 42.4 Å². The largest absolute Gasteiger partial charge is 0.352 e. The maximum atomic E-state index is 12.5. The Balaban J connectivity index is 1.31. The highest BCUT2D eigenvalue weighted by Gasteiger charge is 2.25. The van der Waals surface area contributed by atoms with Crippen LogP contribution in [0.4, 0.5) is 0 Å². The fraction of sp³-hybridized carbons (Fsp3) is 0.381. The summed E-state index contributed by atoms with van der Waals surface area (Å²) in [5.41, 5.74) is 1.84. The van der Waals surface area contributed by atoms with Crippen LogP contribution >= 0.6 is 0 Å². The molecule has 1 aromatic heterocycles. The topological polar surface area (TPSA) is 65.5 Å². The lowest BCUT2D eigenvalue weighted by Gasteiger charge is -2.33. The highest BCUT2D eigenvalue weighted by molar-refractivity contribution is 5.95. The van der Waals surface area contributed by atoms with E-state index in [1.165, 1.54) is 0 Å². The number of hydrogen-bond donors (Lipinski definition) is 1. The Morgan fingerprint density at radius 2 is 1.89 bits per heavy atom. The average molecular weight is 364 g/mol. The lowest BCUT2D eigenvalue weighted by molar-refractivity contribution is -0.128. The van der Waals surface area contributed by atoms with Crippen molar-refractivity contribution in [2.24, 2.45) is 0 Å². The smallest absolute Gasteiger partial charge is 0.246 e. The predicted molar refractivity (Wildman–Crippen MR) is 105 cm³/mol. The maximum absolute atomic E-state index is 12.5. The fourth-order valence-electron chi connectivity index (χ4n) is 3.36. The Morgan fingerprint density at radius 1 is 1.11 bits per heavy atom. The van der Waals surface area contributed by atoms with Crippen molar-refractivity contribution in [2.45, 2.75) is 18.9 Å². The third-order valence-corrected chi connectivity index (χ3v) is 5.06. The number of hydrogen-bond acceptors (Lipinski definition) is 4. The van der Waals surface area contributed by atoms with Crippen LogP contribution in [0, 0.1) is 0 Å². The number of amides is 2. The van der Waals surface area contributed by atoms with Crippen molar-refractivity contribution in [3.63, 3.8) is 0 Å². The summed E-state index contributed by atoms with van der Waals surface area (Å²) in [6.07, 6.45) is 7.44. The van der Waals surface area contributed by atoms with Gasteiger partial charge in [0.2, 0.25) is 11.8 Å². The van der Waals surface area contributed by atoms with E-state index in [1.54, 1.807) is 12.3 Å². The highest BCUT2D eigenvalue weighted by atomic mass is 16.2. The molecule has 4 rings (SSSR count). The molecule has 0 bridgehead atoms. The van der Waals surface area contributed by atoms with Crippen LogP contribution in [0.25, 0.3) is 17.0 Å². The zero-order valence-corrected chi connectivity index (χ0v) is 15.3. The molecule has 1 saturated carbocycles. The summed E-state index contributed by atoms with van der Waals surface area (Å²) in [5.74, 6) is 0.102. The fourth-order valence-corrected chi connectivity index (χ4v) is 3.36. The van der Waals surface area contributed by atoms with Crippen molar-refractivity contribution >= 4 is 28.8 Å². The number of benzene rings is 1. The van der Waals surface area contributed by atoms with Gasteiger partial charge in [0.25, 0.3) is 0 Å². The van der Waals surface area contributed by atoms with E-state index in [9.17, 15) is 9.59 Å². The Hall–Kier alpha value is -2.73. The van der Waals surface area contributed by atoms with Gasteiger partial charge in [-0.05, 0) is 25.0 Å². The Labute approximate surface area is 158 Å². The van der Waals surface area contributed by atoms with Crippen molar-refractivity contribution in [1.29, 1.82) is 0 Å². The number of fused-ring (bicyclic) bond motifs is 1. The molecule has 0 spiro atoms. The number of nitrogens with one attached hydrogen (secondary N) is 1. The van der Waals surface area contributed by atoms with Gasteiger partial charge in [0.05, 0.1) is 12.1 Å². The molecule has 2 heterocycles. The molecule has 1 aromatic carbocycles. The third kappa shape index (κ3) is 4.52. The molecular formula is C21H24N4O2. The van der Waals surface area contributed by atoms with Gasteiger partial charge in [0, 0.05) is 55.4 Å². The minimum atomic E-state index is 0.00464. The third-order valence-electron chi connectivity index (χ3n) is 5.06. The minimum absolute atomic E-state index is 0.00464. The van der Waals surface area contributed by atoms with Crippen molar-refractivity contribution in [3.05, 3.63) is 48.2 Å². The molecule has 1 aliphatic carbocycles. The van der Waals surface area contributed by atoms with E-state index in [2.05, 4.69) is 15.2 Å². The van der Waals surface area contributed by atoms with Crippen LogP contribution in [0.2, 0.25) is 0 Å². The number of rotatable bonds is 5. The van der Waals surface area contributed by atoms with E-state index in [-0.39, 0.29) is 11.8 Å². The lowest BCUT2D eigenvalue weighted by Crippen LogP contribution is -2.51.